The van der Waals surface area contributed by atoms with Crippen LogP contribution >= 0.6 is 23.4 Å². The van der Waals surface area contributed by atoms with Crippen molar-refractivity contribution in [1.82, 2.24) is 10.2 Å². The molecule has 0 saturated carbocycles. The zero-order valence-electron chi connectivity index (χ0n) is 18.9. The molecule has 0 aliphatic carbocycles. The lowest BCUT2D eigenvalue weighted by molar-refractivity contribution is -0.141. The van der Waals surface area contributed by atoms with Crippen LogP contribution in [0.25, 0.3) is 0 Å². The van der Waals surface area contributed by atoms with E-state index in [1.165, 1.54) is 0 Å². The number of hydrogen-bond acceptors (Lipinski definition) is 3. The number of rotatable bonds is 11. The number of thioether (sulfide) groups is 1. The summed E-state index contributed by atoms with van der Waals surface area (Å²) in [5, 5.41) is 3.69. The maximum absolute atomic E-state index is 13.2. The average molecular weight is 461 g/mol. The van der Waals surface area contributed by atoms with Crippen molar-refractivity contribution < 1.29 is 9.59 Å². The van der Waals surface area contributed by atoms with Gasteiger partial charge in [0.15, 0.2) is 0 Å². The highest BCUT2D eigenvalue weighted by Crippen LogP contribution is 2.22. The number of halogens is 1. The van der Waals surface area contributed by atoms with Gasteiger partial charge < -0.3 is 10.2 Å². The van der Waals surface area contributed by atoms with Gasteiger partial charge in [0.1, 0.15) is 6.04 Å². The molecule has 6 heteroatoms. The Balaban J connectivity index is 2.05. The third-order valence-electron chi connectivity index (χ3n) is 4.87. The number of nitrogens with zero attached hydrogens (tertiary/aromatic N) is 1. The Hall–Kier alpha value is -1.98. The van der Waals surface area contributed by atoms with Crippen molar-refractivity contribution in [2.24, 2.45) is 0 Å². The molecule has 4 nitrogen and oxygen atoms in total. The van der Waals surface area contributed by atoms with Gasteiger partial charge in [-0.25, -0.2) is 0 Å². The lowest BCUT2D eigenvalue weighted by Gasteiger charge is -2.31. The highest BCUT2D eigenvalue weighted by atomic mass is 35.5. The van der Waals surface area contributed by atoms with E-state index in [0.717, 1.165) is 33.2 Å². The van der Waals surface area contributed by atoms with Crippen LogP contribution in [0.2, 0.25) is 5.02 Å². The van der Waals surface area contributed by atoms with Crippen molar-refractivity contribution in [3.63, 3.8) is 0 Å². The molecule has 0 aliphatic rings. The van der Waals surface area contributed by atoms with Gasteiger partial charge in [-0.15, -0.1) is 11.8 Å². The van der Waals surface area contributed by atoms with E-state index in [9.17, 15) is 9.59 Å². The van der Waals surface area contributed by atoms with Gasteiger partial charge in [-0.1, -0.05) is 48.4 Å². The van der Waals surface area contributed by atoms with Crippen LogP contribution in [0.3, 0.4) is 0 Å². The zero-order chi connectivity index (χ0) is 22.8. The van der Waals surface area contributed by atoms with Crippen LogP contribution in [0.5, 0.6) is 0 Å². The van der Waals surface area contributed by atoms with Crippen LogP contribution < -0.4 is 5.32 Å². The van der Waals surface area contributed by atoms with Crippen LogP contribution in [-0.4, -0.2) is 34.6 Å². The van der Waals surface area contributed by atoms with E-state index in [1.807, 2.05) is 70.2 Å². The average Bonchev–Trinajstić information content (AvgIpc) is 2.71. The topological polar surface area (TPSA) is 49.4 Å². The quantitative estimate of drug-likeness (QED) is 0.338. The number of carbonyl (C=O) groups is 2. The zero-order valence-corrected chi connectivity index (χ0v) is 20.4. The molecule has 168 valence electrons. The van der Waals surface area contributed by atoms with Gasteiger partial charge in [0.2, 0.25) is 11.8 Å². The SMILES string of the molecule is CCC(C(=O)NC(C)C)N(Cc1cccc(C)c1)C(=O)CCCSc1ccc(Cl)cc1. The molecule has 2 aromatic carbocycles. The lowest BCUT2D eigenvalue weighted by Crippen LogP contribution is -2.50. The number of carbonyl (C=O) groups excluding carboxylic acids is 2. The number of aryl methyl sites for hydroxylation is 1. The second-order valence-corrected chi connectivity index (χ2v) is 9.61. The fourth-order valence-electron chi connectivity index (χ4n) is 3.40. The maximum atomic E-state index is 13.2. The molecule has 1 unspecified atom stereocenters. The Morgan fingerprint density at radius 2 is 1.84 bits per heavy atom. The second-order valence-electron chi connectivity index (χ2n) is 8.00. The minimum atomic E-state index is -0.473. The molecule has 0 aliphatic heterocycles. The number of hydrogen-bond donors (Lipinski definition) is 1. The van der Waals surface area contributed by atoms with Gasteiger partial charge in [0, 0.05) is 28.9 Å². The van der Waals surface area contributed by atoms with Gasteiger partial charge in [-0.05, 0) is 69.2 Å². The van der Waals surface area contributed by atoms with Gasteiger partial charge in [0.05, 0.1) is 0 Å². The standard InChI is InChI=1S/C25H33ClN2O2S/c1-5-23(25(30)27-18(2)3)28(17-20-9-6-8-19(4)16-20)24(29)10-7-15-31-22-13-11-21(26)12-14-22/h6,8-9,11-14,16,18,23H,5,7,10,15,17H2,1-4H3,(H,27,30). The summed E-state index contributed by atoms with van der Waals surface area (Å²) in [5.41, 5.74) is 2.18. The molecule has 2 rings (SSSR count). The molecule has 1 N–H and O–H groups in total. The van der Waals surface area contributed by atoms with Gasteiger partial charge in [-0.2, -0.15) is 0 Å². The highest BCUT2D eigenvalue weighted by Gasteiger charge is 2.28. The molecule has 0 fully saturated rings. The van der Waals surface area contributed by atoms with E-state index >= 15 is 0 Å². The predicted octanol–water partition coefficient (Wildman–Crippen LogP) is 5.85. The van der Waals surface area contributed by atoms with Crippen LogP contribution in [0, 0.1) is 6.92 Å². The molecule has 0 heterocycles. The summed E-state index contributed by atoms with van der Waals surface area (Å²) < 4.78 is 0. The molecule has 2 amide bonds. The van der Waals surface area contributed by atoms with Crippen molar-refractivity contribution in [2.75, 3.05) is 5.75 Å². The van der Waals surface area contributed by atoms with Crippen LogP contribution in [0.4, 0.5) is 0 Å². The van der Waals surface area contributed by atoms with Gasteiger partial charge in [0.25, 0.3) is 0 Å². The molecule has 1 atom stereocenters. The first-order valence-electron chi connectivity index (χ1n) is 10.8. The minimum Gasteiger partial charge on any atom is -0.352 e. The molecule has 0 bridgehead atoms. The Morgan fingerprint density at radius 1 is 1.13 bits per heavy atom. The fourth-order valence-corrected chi connectivity index (χ4v) is 4.37. The third kappa shape index (κ3) is 8.58. The number of benzene rings is 2. The largest absolute Gasteiger partial charge is 0.352 e. The number of amides is 2. The van der Waals surface area contributed by atoms with Crippen LogP contribution in [-0.2, 0) is 16.1 Å². The molecular formula is C25H33ClN2O2S. The van der Waals surface area contributed by atoms with E-state index in [1.54, 1.807) is 16.7 Å². The first kappa shape index (κ1) is 25.3. The Labute approximate surface area is 195 Å². The molecule has 0 spiro atoms. The van der Waals surface area contributed by atoms with Crippen molar-refractivity contribution in [3.8, 4) is 0 Å². The summed E-state index contributed by atoms with van der Waals surface area (Å²) >= 11 is 7.64. The highest BCUT2D eigenvalue weighted by molar-refractivity contribution is 7.99. The first-order valence-corrected chi connectivity index (χ1v) is 12.2. The third-order valence-corrected chi connectivity index (χ3v) is 6.22. The Morgan fingerprint density at radius 3 is 2.45 bits per heavy atom. The summed E-state index contributed by atoms with van der Waals surface area (Å²) in [7, 11) is 0. The number of nitrogens with one attached hydrogen (secondary N) is 1. The van der Waals surface area contributed by atoms with E-state index in [4.69, 9.17) is 11.6 Å². The Kier molecular flexibility index (Phi) is 10.4. The van der Waals surface area contributed by atoms with Crippen LogP contribution in [0.15, 0.2) is 53.4 Å². The predicted molar refractivity (Wildman–Crippen MR) is 130 cm³/mol. The second kappa shape index (κ2) is 12.8. The summed E-state index contributed by atoms with van der Waals surface area (Å²) in [6.45, 7) is 8.30. The maximum Gasteiger partial charge on any atom is 0.243 e. The molecule has 0 saturated heterocycles. The molecule has 0 radical (unpaired) electrons. The molecule has 2 aromatic rings. The summed E-state index contributed by atoms with van der Waals surface area (Å²) in [5.74, 6) is 0.763. The molecular weight excluding hydrogens is 428 g/mol. The fraction of sp³-hybridized carbons (Fsp3) is 0.440. The normalized spacial score (nSPS) is 11.9. The summed E-state index contributed by atoms with van der Waals surface area (Å²) in [6, 6.07) is 15.4. The van der Waals surface area contributed by atoms with Crippen LogP contribution in [0.1, 0.15) is 51.2 Å². The Bertz CT molecular complexity index is 855. The molecule has 0 aromatic heterocycles. The van der Waals surface area contributed by atoms with Crippen molar-refractivity contribution in [3.05, 3.63) is 64.7 Å². The minimum absolute atomic E-state index is 0.0176. The van der Waals surface area contributed by atoms with Gasteiger partial charge in [-0.3, -0.25) is 9.59 Å². The molecule has 31 heavy (non-hydrogen) atoms. The van der Waals surface area contributed by atoms with E-state index < -0.39 is 6.04 Å². The summed E-state index contributed by atoms with van der Waals surface area (Å²) in [4.78, 5) is 28.9. The van der Waals surface area contributed by atoms with Crippen molar-refractivity contribution in [1.29, 1.82) is 0 Å². The van der Waals surface area contributed by atoms with Crippen molar-refractivity contribution in [2.45, 2.75) is 70.5 Å². The van der Waals surface area contributed by atoms with E-state index in [2.05, 4.69) is 11.4 Å². The summed E-state index contributed by atoms with van der Waals surface area (Å²) in [6.07, 6.45) is 1.74. The van der Waals surface area contributed by atoms with E-state index in [0.29, 0.717) is 19.4 Å². The van der Waals surface area contributed by atoms with Crippen molar-refractivity contribution >= 4 is 35.2 Å². The lowest BCUT2D eigenvalue weighted by atomic mass is 10.1. The first-order chi connectivity index (χ1) is 14.8. The smallest absolute Gasteiger partial charge is 0.243 e. The van der Waals surface area contributed by atoms with E-state index in [-0.39, 0.29) is 17.9 Å². The van der Waals surface area contributed by atoms with Gasteiger partial charge >= 0.3 is 0 Å². The monoisotopic (exact) mass is 460 g/mol.